The number of aromatic nitrogens is 2. The van der Waals surface area contributed by atoms with Gasteiger partial charge in [-0.1, -0.05) is 0 Å². The summed E-state index contributed by atoms with van der Waals surface area (Å²) in [4.78, 5) is 41.2. The number of phosphoric acid groups is 1. The smallest absolute Gasteiger partial charge is 0.317 e. The fourth-order valence-electron chi connectivity index (χ4n) is 1.82. The van der Waals surface area contributed by atoms with Gasteiger partial charge in [0.15, 0.2) is 6.17 Å². The summed E-state index contributed by atoms with van der Waals surface area (Å²) < 4.78 is 47.7. The van der Waals surface area contributed by atoms with Crippen molar-refractivity contribution in [3.05, 3.63) is 33.1 Å². The molecule has 1 saturated heterocycles. The Morgan fingerprint density at radius 2 is 2.24 bits per heavy atom. The lowest BCUT2D eigenvalue weighted by molar-refractivity contribution is -0.193. The third kappa shape index (κ3) is 3.63. The van der Waals surface area contributed by atoms with E-state index in [1.807, 2.05) is 4.98 Å². The van der Waals surface area contributed by atoms with Crippen molar-refractivity contribution in [3.63, 3.8) is 0 Å². The Labute approximate surface area is 115 Å². The highest BCUT2D eigenvalue weighted by molar-refractivity contribution is 7.46. The van der Waals surface area contributed by atoms with Crippen LogP contribution in [0.4, 0.5) is 8.78 Å². The van der Waals surface area contributed by atoms with Crippen molar-refractivity contribution >= 4 is 7.82 Å². The fourth-order valence-corrected chi connectivity index (χ4v) is 2.17. The fraction of sp³-hybridized carbons (Fsp3) is 0.556. The Kier molecular flexibility index (Phi) is 4.13. The van der Waals surface area contributed by atoms with Crippen molar-refractivity contribution < 1.29 is 32.4 Å². The van der Waals surface area contributed by atoms with Gasteiger partial charge in [0.1, 0.15) is 12.8 Å². The highest BCUT2D eigenvalue weighted by atomic mass is 31.2. The van der Waals surface area contributed by atoms with Crippen molar-refractivity contribution in [2.24, 2.45) is 0 Å². The molecule has 1 aromatic rings. The average molecular weight is 328 g/mol. The first-order valence-electron chi connectivity index (χ1n) is 5.63. The predicted molar refractivity (Wildman–Crippen MR) is 62.8 cm³/mol. The Morgan fingerprint density at radius 1 is 1.57 bits per heavy atom. The largest absolute Gasteiger partial charge is 0.469 e. The second-order valence-corrected chi connectivity index (χ2v) is 5.58. The van der Waals surface area contributed by atoms with Crippen molar-refractivity contribution in [3.8, 4) is 0 Å². The van der Waals surface area contributed by atoms with E-state index < -0.39 is 50.4 Å². The first kappa shape index (κ1) is 16.0. The highest BCUT2D eigenvalue weighted by Gasteiger charge is 2.52. The van der Waals surface area contributed by atoms with Gasteiger partial charge in [-0.05, 0) is 0 Å². The molecular weight excluding hydrogens is 317 g/mol. The van der Waals surface area contributed by atoms with Crippen LogP contribution >= 0.6 is 7.82 Å². The Hall–Kier alpha value is -1.39. The molecule has 0 aliphatic carbocycles. The highest BCUT2D eigenvalue weighted by Crippen LogP contribution is 2.44. The maximum absolute atomic E-state index is 14.1. The molecule has 1 aliphatic rings. The molecule has 1 aromatic heterocycles. The topological polar surface area (TPSA) is 131 Å². The van der Waals surface area contributed by atoms with Gasteiger partial charge in [0.25, 0.3) is 11.4 Å². The maximum Gasteiger partial charge on any atom is 0.469 e. The summed E-state index contributed by atoms with van der Waals surface area (Å²) in [5, 5.41) is 0. The lowest BCUT2D eigenvalue weighted by Crippen LogP contribution is -2.37. The first-order chi connectivity index (χ1) is 9.61. The molecule has 1 fully saturated rings. The van der Waals surface area contributed by atoms with E-state index in [9.17, 15) is 22.9 Å². The minimum Gasteiger partial charge on any atom is -0.317 e. The summed E-state index contributed by atoms with van der Waals surface area (Å²) >= 11 is 0. The Bertz CT molecular complexity index is 685. The molecule has 0 aromatic carbocycles. The van der Waals surface area contributed by atoms with Gasteiger partial charge in [0.05, 0.1) is 0 Å². The van der Waals surface area contributed by atoms with Gasteiger partial charge >= 0.3 is 13.5 Å². The molecule has 9 nitrogen and oxygen atoms in total. The summed E-state index contributed by atoms with van der Waals surface area (Å²) in [7, 11) is -5.00. The number of phosphoric ester groups is 1. The third-order valence-corrected chi connectivity index (χ3v) is 3.26. The van der Waals surface area contributed by atoms with Crippen molar-refractivity contribution in [1.29, 1.82) is 0 Å². The number of aromatic amines is 1. The molecule has 0 radical (unpaired) electrons. The van der Waals surface area contributed by atoms with E-state index in [2.05, 4.69) is 4.52 Å². The Morgan fingerprint density at radius 3 is 2.81 bits per heavy atom. The van der Waals surface area contributed by atoms with Gasteiger partial charge < -0.3 is 14.5 Å². The number of alkyl halides is 2. The Balaban J connectivity index is 2.18. The van der Waals surface area contributed by atoms with Crippen LogP contribution in [0.1, 0.15) is 12.6 Å². The van der Waals surface area contributed by atoms with E-state index in [1.165, 1.54) is 0 Å². The van der Waals surface area contributed by atoms with Gasteiger partial charge in [0.2, 0.25) is 0 Å². The number of H-pyrrole nitrogens is 1. The van der Waals surface area contributed by atoms with Crippen molar-refractivity contribution in [1.82, 2.24) is 9.55 Å². The number of rotatable bonds is 4. The molecule has 3 atom stereocenters. The van der Waals surface area contributed by atoms with Gasteiger partial charge in [-0.3, -0.25) is 18.9 Å². The molecular formula is C9H11F2N2O7P. The molecule has 2 heterocycles. The second-order valence-electron chi connectivity index (χ2n) is 4.34. The van der Waals surface area contributed by atoms with E-state index >= 15 is 0 Å². The van der Waals surface area contributed by atoms with Gasteiger partial charge in [0, 0.05) is 18.7 Å². The number of ether oxygens (including phenoxy) is 1. The van der Waals surface area contributed by atoms with Crippen LogP contribution in [0.25, 0.3) is 0 Å². The molecule has 12 heteroatoms. The molecule has 3 N–H and O–H groups in total. The quantitative estimate of drug-likeness (QED) is 0.639. The van der Waals surface area contributed by atoms with Crippen LogP contribution in [0.3, 0.4) is 0 Å². The average Bonchev–Trinajstić information content (AvgIpc) is 2.63. The SMILES string of the molecule is O=c1ccn([C@H]2C[C@H](F)[C@@](F)(COP(=O)(O)O)O2)c(=O)[nH]1. The lowest BCUT2D eigenvalue weighted by Gasteiger charge is -2.22. The van der Waals surface area contributed by atoms with Crippen molar-refractivity contribution in [2.75, 3.05) is 6.61 Å². The van der Waals surface area contributed by atoms with Crippen LogP contribution < -0.4 is 11.2 Å². The molecule has 0 amide bonds. The van der Waals surface area contributed by atoms with Gasteiger partial charge in [-0.2, -0.15) is 0 Å². The third-order valence-electron chi connectivity index (χ3n) is 2.80. The van der Waals surface area contributed by atoms with E-state index in [0.29, 0.717) is 0 Å². The van der Waals surface area contributed by atoms with Crippen LogP contribution in [0.15, 0.2) is 21.9 Å². The molecule has 1 aliphatic heterocycles. The van der Waals surface area contributed by atoms with E-state index in [4.69, 9.17) is 14.5 Å². The minimum absolute atomic E-state index is 0.590. The molecule has 0 unspecified atom stereocenters. The monoisotopic (exact) mass is 328 g/mol. The zero-order chi connectivity index (χ0) is 15.8. The predicted octanol–water partition coefficient (Wildman–Crippen LogP) is -0.431. The summed E-state index contributed by atoms with van der Waals surface area (Å²) in [6.45, 7) is -1.34. The van der Waals surface area contributed by atoms with Crippen molar-refractivity contribution in [2.45, 2.75) is 24.7 Å². The number of halogens is 2. The number of nitrogens with zero attached hydrogens (tertiary/aromatic N) is 1. The van der Waals surface area contributed by atoms with Gasteiger partial charge in [-0.15, -0.1) is 0 Å². The zero-order valence-corrected chi connectivity index (χ0v) is 11.2. The number of hydrogen-bond acceptors (Lipinski definition) is 5. The molecule has 118 valence electrons. The summed E-state index contributed by atoms with van der Waals surface area (Å²) in [6, 6.07) is 0.961. The number of nitrogens with one attached hydrogen (secondary N) is 1. The maximum atomic E-state index is 14.1. The van der Waals surface area contributed by atoms with Crippen LogP contribution in [0.5, 0.6) is 0 Å². The van der Waals surface area contributed by atoms with Crippen LogP contribution in [0, 0.1) is 0 Å². The summed E-state index contributed by atoms with van der Waals surface area (Å²) in [5.41, 5.74) is -1.62. The zero-order valence-electron chi connectivity index (χ0n) is 10.3. The molecule has 0 bridgehead atoms. The lowest BCUT2D eigenvalue weighted by atomic mass is 10.2. The second kappa shape index (κ2) is 5.43. The summed E-state index contributed by atoms with van der Waals surface area (Å²) in [5.74, 6) is -3.11. The molecule has 0 spiro atoms. The number of hydrogen-bond donors (Lipinski definition) is 3. The summed E-state index contributed by atoms with van der Waals surface area (Å²) in [6.07, 6.45) is -3.25. The van der Waals surface area contributed by atoms with E-state index in [1.54, 1.807) is 0 Å². The van der Waals surface area contributed by atoms with Crippen LogP contribution in [0.2, 0.25) is 0 Å². The van der Waals surface area contributed by atoms with E-state index in [0.717, 1.165) is 16.8 Å². The molecule has 0 saturated carbocycles. The standard InChI is InChI=1S/C9H11F2N2O7P/c10-5-3-7(13-2-1-6(14)12-8(13)15)20-9(5,11)4-19-21(16,17)18/h1-2,5,7H,3-4H2,(H,12,14,15)(H2,16,17,18)/t5-,7+,9+/m0/s1. The van der Waals surface area contributed by atoms with E-state index in [-0.39, 0.29) is 0 Å². The van der Waals surface area contributed by atoms with Gasteiger partial charge in [-0.25, -0.2) is 18.1 Å². The normalized spacial score (nSPS) is 29.7. The minimum atomic E-state index is -5.00. The first-order valence-corrected chi connectivity index (χ1v) is 7.16. The van der Waals surface area contributed by atoms with Crippen LogP contribution in [-0.4, -0.2) is 38.0 Å². The molecule has 2 rings (SSSR count). The molecule has 21 heavy (non-hydrogen) atoms. The van der Waals surface area contributed by atoms with Crippen LogP contribution in [-0.2, 0) is 13.8 Å².